The van der Waals surface area contributed by atoms with Gasteiger partial charge < -0.3 is 10.2 Å². The Morgan fingerprint density at radius 2 is 1.40 bits per heavy atom. The van der Waals surface area contributed by atoms with Crippen molar-refractivity contribution in [3.63, 3.8) is 0 Å². The van der Waals surface area contributed by atoms with Crippen LogP contribution in [0.5, 0.6) is 0 Å². The van der Waals surface area contributed by atoms with E-state index >= 15 is 0 Å². The van der Waals surface area contributed by atoms with Crippen LogP contribution in [0.15, 0.2) is 108 Å². The van der Waals surface area contributed by atoms with Gasteiger partial charge in [0, 0.05) is 18.5 Å². The third-order valence-corrected chi connectivity index (χ3v) is 9.08. The molecule has 0 heterocycles. The fourth-order valence-electron chi connectivity index (χ4n) is 4.99. The number of hydrogen-bond acceptors (Lipinski definition) is 4. The Morgan fingerprint density at radius 1 is 0.800 bits per heavy atom. The summed E-state index contributed by atoms with van der Waals surface area (Å²) in [6, 6.07) is 27.4. The fourth-order valence-corrected chi connectivity index (χ4v) is 6.47. The van der Waals surface area contributed by atoms with Crippen molar-refractivity contribution in [3.05, 3.63) is 131 Å². The summed E-state index contributed by atoms with van der Waals surface area (Å²) in [6.07, 6.45) is 0.185. The van der Waals surface area contributed by atoms with Crippen LogP contribution < -0.4 is 9.62 Å². The highest BCUT2D eigenvalue weighted by Gasteiger charge is 2.36. The zero-order valence-electron chi connectivity index (χ0n) is 26.3. The number of carbonyl (C=O) groups is 2. The molecule has 0 radical (unpaired) electrons. The molecule has 1 N–H and O–H groups in total. The second-order valence-corrected chi connectivity index (χ2v) is 14.1. The van der Waals surface area contributed by atoms with E-state index in [0.29, 0.717) is 16.8 Å². The normalized spacial score (nSPS) is 12.3. The average molecular weight is 630 g/mol. The third-order valence-electron chi connectivity index (χ3n) is 7.31. The Labute approximate surface area is 265 Å². The molecule has 0 aliphatic rings. The first kappa shape index (κ1) is 33.4. The molecule has 0 unspecified atom stereocenters. The highest BCUT2D eigenvalue weighted by molar-refractivity contribution is 7.92. The van der Waals surface area contributed by atoms with Crippen LogP contribution in [0.1, 0.15) is 43.0 Å². The van der Waals surface area contributed by atoms with Crippen molar-refractivity contribution in [1.82, 2.24) is 10.2 Å². The van der Waals surface area contributed by atoms with Crippen LogP contribution in [0.25, 0.3) is 0 Å². The Hall–Kier alpha value is -4.50. The lowest BCUT2D eigenvalue weighted by Gasteiger charge is -2.35. The number of nitrogens with zero attached hydrogens (tertiary/aromatic N) is 2. The van der Waals surface area contributed by atoms with Crippen molar-refractivity contribution in [2.24, 2.45) is 0 Å². The first-order valence-electron chi connectivity index (χ1n) is 14.8. The summed E-state index contributed by atoms with van der Waals surface area (Å²) in [5.41, 5.74) is 2.73. The van der Waals surface area contributed by atoms with Gasteiger partial charge in [0.15, 0.2) is 0 Å². The predicted octanol–water partition coefficient (Wildman–Crippen LogP) is 6.19. The summed E-state index contributed by atoms with van der Waals surface area (Å²) >= 11 is 0. The molecule has 0 aliphatic carbocycles. The van der Waals surface area contributed by atoms with E-state index in [1.54, 1.807) is 55.5 Å². The summed E-state index contributed by atoms with van der Waals surface area (Å²) in [5, 5.41) is 3.00. The van der Waals surface area contributed by atoms with Crippen molar-refractivity contribution < 1.29 is 22.4 Å². The van der Waals surface area contributed by atoms with Crippen LogP contribution in [0, 0.1) is 19.7 Å². The molecule has 0 bridgehead atoms. The van der Waals surface area contributed by atoms with Gasteiger partial charge >= 0.3 is 0 Å². The molecular weight excluding hydrogens is 589 g/mol. The van der Waals surface area contributed by atoms with Crippen LogP contribution in [0.3, 0.4) is 0 Å². The molecule has 236 valence electrons. The molecule has 7 nitrogen and oxygen atoms in total. The molecule has 0 spiro atoms. The summed E-state index contributed by atoms with van der Waals surface area (Å²) in [5.74, 6) is -1.40. The minimum atomic E-state index is -4.20. The monoisotopic (exact) mass is 629 g/mol. The Bertz CT molecular complexity index is 1720. The summed E-state index contributed by atoms with van der Waals surface area (Å²) in [4.78, 5) is 29.9. The van der Waals surface area contributed by atoms with E-state index in [9.17, 15) is 22.4 Å². The zero-order valence-corrected chi connectivity index (χ0v) is 27.1. The maximum atomic E-state index is 14.5. The van der Waals surface area contributed by atoms with Crippen LogP contribution in [0.2, 0.25) is 0 Å². The van der Waals surface area contributed by atoms with Crippen LogP contribution in [0.4, 0.5) is 10.1 Å². The first-order chi connectivity index (χ1) is 21.2. The maximum Gasteiger partial charge on any atom is 0.264 e. The van der Waals surface area contributed by atoms with E-state index in [-0.39, 0.29) is 23.8 Å². The molecule has 1 atom stereocenters. The van der Waals surface area contributed by atoms with Gasteiger partial charge in [0.2, 0.25) is 11.8 Å². The molecule has 4 aromatic carbocycles. The number of nitrogens with one attached hydrogen (secondary N) is 1. The Morgan fingerprint density at radius 3 is 2.00 bits per heavy atom. The molecule has 0 aliphatic heterocycles. The number of benzene rings is 4. The summed E-state index contributed by atoms with van der Waals surface area (Å²) in [7, 11) is -4.20. The number of sulfonamides is 1. The van der Waals surface area contributed by atoms with Gasteiger partial charge in [-0.1, -0.05) is 78.4 Å². The van der Waals surface area contributed by atoms with E-state index in [4.69, 9.17) is 0 Å². The van der Waals surface area contributed by atoms with Crippen LogP contribution in [-0.4, -0.2) is 43.3 Å². The molecule has 4 rings (SSSR count). The van der Waals surface area contributed by atoms with Crippen molar-refractivity contribution in [2.75, 3.05) is 10.8 Å². The number of anilines is 1. The van der Waals surface area contributed by atoms with Gasteiger partial charge in [0.1, 0.15) is 18.4 Å². The molecular formula is C36H40FN3O4S. The second-order valence-electron chi connectivity index (χ2n) is 12.2. The highest BCUT2D eigenvalue weighted by Crippen LogP contribution is 2.28. The molecule has 0 saturated carbocycles. The van der Waals surface area contributed by atoms with Gasteiger partial charge in [-0.3, -0.25) is 13.9 Å². The number of amides is 2. The smallest absolute Gasteiger partial charge is 0.264 e. The number of halogens is 1. The molecule has 0 saturated heterocycles. The fraction of sp³-hybridized carbons (Fsp3) is 0.278. The van der Waals surface area contributed by atoms with Crippen LogP contribution >= 0.6 is 0 Å². The molecule has 9 heteroatoms. The number of para-hydroxylation sites is 1. The minimum Gasteiger partial charge on any atom is -0.350 e. The largest absolute Gasteiger partial charge is 0.350 e. The van der Waals surface area contributed by atoms with Crippen molar-refractivity contribution in [2.45, 2.75) is 64.1 Å². The quantitative estimate of drug-likeness (QED) is 0.214. The lowest BCUT2D eigenvalue weighted by atomic mass is 10.0. The summed E-state index contributed by atoms with van der Waals surface area (Å²) < 4.78 is 43.3. The molecule has 2 amide bonds. The lowest BCUT2D eigenvalue weighted by molar-refractivity contribution is -0.140. The topological polar surface area (TPSA) is 86.8 Å². The standard InChI is InChI=1S/C36H40FN3O4S/c1-26-15-21-31(22-16-26)45(43,44)40(32-14-10-9-11-27(32)2)25-34(41)39(24-29-17-19-30(37)20-18-29)33(35(42)38-36(3,4)5)23-28-12-7-6-8-13-28/h6-22,33H,23-25H2,1-5H3,(H,38,42)/t33-/m1/s1. The second kappa shape index (κ2) is 14.1. The van der Waals surface area contributed by atoms with E-state index in [1.165, 1.54) is 29.2 Å². The summed E-state index contributed by atoms with van der Waals surface area (Å²) in [6.45, 7) is 8.60. The number of carbonyl (C=O) groups excluding carboxylic acids is 2. The van der Waals surface area contributed by atoms with Gasteiger partial charge in [-0.05, 0) is 81.6 Å². The maximum absolute atomic E-state index is 14.5. The molecule has 45 heavy (non-hydrogen) atoms. The number of aryl methyl sites for hydroxylation is 2. The first-order valence-corrected chi connectivity index (χ1v) is 16.2. The van der Waals surface area contributed by atoms with Gasteiger partial charge in [0.05, 0.1) is 10.6 Å². The van der Waals surface area contributed by atoms with Crippen LogP contribution in [-0.2, 0) is 32.6 Å². The number of hydrogen-bond donors (Lipinski definition) is 1. The average Bonchev–Trinajstić information content (AvgIpc) is 2.99. The Kier molecular flexibility index (Phi) is 10.4. The van der Waals surface area contributed by atoms with Crippen molar-refractivity contribution in [3.8, 4) is 0 Å². The Balaban J connectivity index is 1.82. The zero-order chi connectivity index (χ0) is 32.8. The van der Waals surface area contributed by atoms with Crippen molar-refractivity contribution >= 4 is 27.5 Å². The van der Waals surface area contributed by atoms with Gasteiger partial charge in [-0.15, -0.1) is 0 Å². The van der Waals surface area contributed by atoms with Gasteiger partial charge in [-0.25, -0.2) is 12.8 Å². The lowest BCUT2D eigenvalue weighted by Crippen LogP contribution is -2.56. The third kappa shape index (κ3) is 8.79. The predicted molar refractivity (Wildman–Crippen MR) is 176 cm³/mol. The van der Waals surface area contributed by atoms with E-state index in [0.717, 1.165) is 15.4 Å². The molecule has 0 aromatic heterocycles. The number of rotatable bonds is 11. The molecule has 4 aromatic rings. The van der Waals surface area contributed by atoms with E-state index in [2.05, 4.69) is 5.32 Å². The SMILES string of the molecule is Cc1ccc(S(=O)(=O)N(CC(=O)N(Cc2ccc(F)cc2)[C@H](Cc2ccccc2)C(=O)NC(C)(C)C)c2ccccc2C)cc1. The highest BCUT2D eigenvalue weighted by atomic mass is 32.2. The minimum absolute atomic E-state index is 0.0413. The van der Waals surface area contributed by atoms with E-state index < -0.39 is 39.9 Å². The van der Waals surface area contributed by atoms with Gasteiger partial charge in [-0.2, -0.15) is 0 Å². The van der Waals surface area contributed by atoms with Crippen molar-refractivity contribution in [1.29, 1.82) is 0 Å². The van der Waals surface area contributed by atoms with E-state index in [1.807, 2.05) is 58.0 Å². The van der Waals surface area contributed by atoms with Gasteiger partial charge in [0.25, 0.3) is 10.0 Å². The molecule has 0 fully saturated rings.